The zero-order chi connectivity index (χ0) is 16.3. The third-order valence-electron chi connectivity index (χ3n) is 4.64. The fraction of sp³-hybridized carbons (Fsp3) is 0.350. The number of benzene rings is 2. The van der Waals surface area contributed by atoms with Crippen molar-refractivity contribution in [3.05, 3.63) is 65.7 Å². The highest BCUT2D eigenvalue weighted by Crippen LogP contribution is 2.31. The second-order valence-electron chi connectivity index (χ2n) is 6.41. The number of aryl methyl sites for hydroxylation is 2. The summed E-state index contributed by atoms with van der Waals surface area (Å²) in [6.45, 7) is 2.66. The Hall–Kier alpha value is -2.13. The molecule has 1 unspecified atom stereocenters. The predicted octanol–water partition coefficient (Wildman–Crippen LogP) is 3.49. The van der Waals surface area contributed by atoms with Crippen LogP contribution in [0, 0.1) is 6.92 Å². The van der Waals surface area contributed by atoms with Gasteiger partial charge in [0.2, 0.25) is 0 Å². The summed E-state index contributed by atoms with van der Waals surface area (Å²) in [5, 5.41) is 10.7. The monoisotopic (exact) mass is 309 g/mol. The summed E-state index contributed by atoms with van der Waals surface area (Å²) in [5.74, 6) is -0.160. The summed E-state index contributed by atoms with van der Waals surface area (Å²) in [6, 6.07) is 18.0. The van der Waals surface area contributed by atoms with E-state index in [1.54, 1.807) is 4.90 Å². The maximum Gasteiger partial charge on any atom is 0.259 e. The van der Waals surface area contributed by atoms with Crippen molar-refractivity contribution in [3.8, 4) is 0 Å². The van der Waals surface area contributed by atoms with Crippen LogP contribution < -0.4 is 4.90 Å². The van der Waals surface area contributed by atoms with Crippen LogP contribution in [0.3, 0.4) is 0 Å². The highest BCUT2D eigenvalue weighted by atomic mass is 16.3. The van der Waals surface area contributed by atoms with E-state index in [9.17, 15) is 9.90 Å². The Morgan fingerprint density at radius 3 is 2.48 bits per heavy atom. The fourth-order valence-corrected chi connectivity index (χ4v) is 3.18. The Morgan fingerprint density at radius 1 is 1.09 bits per heavy atom. The number of amides is 1. The molecule has 3 rings (SSSR count). The van der Waals surface area contributed by atoms with Crippen molar-refractivity contribution < 1.29 is 9.90 Å². The molecule has 2 aromatic rings. The molecule has 1 saturated heterocycles. The van der Waals surface area contributed by atoms with E-state index < -0.39 is 5.60 Å². The van der Waals surface area contributed by atoms with Crippen LogP contribution in [0.2, 0.25) is 0 Å². The van der Waals surface area contributed by atoms with E-state index in [1.165, 1.54) is 11.1 Å². The average Bonchev–Trinajstić information content (AvgIpc) is 2.86. The number of carbonyl (C=O) groups excluding carboxylic acids is 1. The van der Waals surface area contributed by atoms with E-state index in [0.717, 1.165) is 18.5 Å². The van der Waals surface area contributed by atoms with Gasteiger partial charge in [-0.3, -0.25) is 4.79 Å². The molecule has 0 aromatic heterocycles. The van der Waals surface area contributed by atoms with Gasteiger partial charge in [0.15, 0.2) is 0 Å². The number of nitrogens with zero attached hydrogens (tertiary/aromatic N) is 1. The van der Waals surface area contributed by atoms with E-state index in [4.69, 9.17) is 0 Å². The van der Waals surface area contributed by atoms with Crippen LogP contribution in [0.5, 0.6) is 0 Å². The largest absolute Gasteiger partial charge is 0.380 e. The molecule has 1 fully saturated rings. The van der Waals surface area contributed by atoms with Crippen molar-refractivity contribution >= 4 is 11.6 Å². The minimum absolute atomic E-state index is 0.160. The standard InChI is InChI=1S/C20H23NO2/c1-16-9-11-17(12-10-16)6-5-13-20(23)14-15-21(19(20)22)18-7-3-2-4-8-18/h2-4,7-12,23H,5-6,13-15H2,1H3. The highest BCUT2D eigenvalue weighted by Gasteiger charge is 2.44. The summed E-state index contributed by atoms with van der Waals surface area (Å²) < 4.78 is 0. The highest BCUT2D eigenvalue weighted by molar-refractivity contribution is 6.01. The Labute approximate surface area is 137 Å². The molecule has 0 radical (unpaired) electrons. The molecule has 0 aliphatic carbocycles. The molecular formula is C20H23NO2. The smallest absolute Gasteiger partial charge is 0.259 e. The molecule has 23 heavy (non-hydrogen) atoms. The number of hydrogen-bond donors (Lipinski definition) is 1. The lowest BCUT2D eigenvalue weighted by molar-refractivity contribution is -0.133. The molecule has 3 nitrogen and oxygen atoms in total. The molecule has 0 spiro atoms. The normalized spacial score (nSPS) is 21.0. The van der Waals surface area contributed by atoms with Gasteiger partial charge in [-0.1, -0.05) is 48.0 Å². The summed E-state index contributed by atoms with van der Waals surface area (Å²) in [6.07, 6.45) is 2.73. The molecule has 1 amide bonds. The number of carbonyl (C=O) groups is 1. The van der Waals surface area contributed by atoms with Crippen molar-refractivity contribution in [2.24, 2.45) is 0 Å². The van der Waals surface area contributed by atoms with Crippen LogP contribution in [-0.4, -0.2) is 23.2 Å². The van der Waals surface area contributed by atoms with E-state index in [2.05, 4.69) is 31.2 Å². The maximum absolute atomic E-state index is 12.6. The van der Waals surface area contributed by atoms with Crippen LogP contribution in [0.25, 0.3) is 0 Å². The topological polar surface area (TPSA) is 40.5 Å². The van der Waals surface area contributed by atoms with Crippen molar-refractivity contribution in [1.82, 2.24) is 0 Å². The first-order chi connectivity index (χ1) is 11.1. The van der Waals surface area contributed by atoms with E-state index in [-0.39, 0.29) is 5.91 Å². The van der Waals surface area contributed by atoms with Gasteiger partial charge in [-0.25, -0.2) is 0 Å². The third-order valence-corrected chi connectivity index (χ3v) is 4.64. The summed E-state index contributed by atoms with van der Waals surface area (Å²) in [7, 11) is 0. The van der Waals surface area contributed by atoms with Crippen molar-refractivity contribution in [1.29, 1.82) is 0 Å². The number of rotatable bonds is 5. The first kappa shape index (κ1) is 15.8. The van der Waals surface area contributed by atoms with Gasteiger partial charge in [0.05, 0.1) is 0 Å². The van der Waals surface area contributed by atoms with Crippen molar-refractivity contribution in [2.75, 3.05) is 11.4 Å². The third kappa shape index (κ3) is 3.45. The molecule has 1 N–H and O–H groups in total. The van der Waals surface area contributed by atoms with Crippen LogP contribution in [0.4, 0.5) is 5.69 Å². The fourth-order valence-electron chi connectivity index (χ4n) is 3.18. The molecule has 120 valence electrons. The van der Waals surface area contributed by atoms with Gasteiger partial charge in [-0.05, 0) is 43.9 Å². The molecule has 1 atom stereocenters. The molecule has 2 aromatic carbocycles. The SMILES string of the molecule is Cc1ccc(CCCC2(O)CCN(c3ccccc3)C2=O)cc1. The van der Waals surface area contributed by atoms with Gasteiger partial charge in [-0.15, -0.1) is 0 Å². The quantitative estimate of drug-likeness (QED) is 0.918. The lowest BCUT2D eigenvalue weighted by Crippen LogP contribution is -2.40. The molecular weight excluding hydrogens is 286 g/mol. The zero-order valence-electron chi connectivity index (χ0n) is 13.5. The number of para-hydroxylation sites is 1. The summed E-state index contributed by atoms with van der Waals surface area (Å²) in [5.41, 5.74) is 2.16. The molecule has 0 saturated carbocycles. The minimum Gasteiger partial charge on any atom is -0.380 e. The van der Waals surface area contributed by atoms with Gasteiger partial charge in [-0.2, -0.15) is 0 Å². The van der Waals surface area contributed by atoms with Gasteiger partial charge in [0, 0.05) is 18.7 Å². The first-order valence-electron chi connectivity index (χ1n) is 8.23. The van der Waals surface area contributed by atoms with Gasteiger partial charge in [0.1, 0.15) is 5.60 Å². The Balaban J connectivity index is 1.59. The van der Waals surface area contributed by atoms with Gasteiger partial charge >= 0.3 is 0 Å². The second kappa shape index (κ2) is 6.55. The van der Waals surface area contributed by atoms with Crippen molar-refractivity contribution in [2.45, 2.75) is 38.2 Å². The lowest BCUT2D eigenvalue weighted by Gasteiger charge is -2.22. The van der Waals surface area contributed by atoms with Crippen LogP contribution >= 0.6 is 0 Å². The van der Waals surface area contributed by atoms with Gasteiger partial charge in [0.25, 0.3) is 5.91 Å². The number of hydrogen-bond acceptors (Lipinski definition) is 2. The van der Waals surface area contributed by atoms with E-state index >= 15 is 0 Å². The second-order valence-corrected chi connectivity index (χ2v) is 6.41. The minimum atomic E-state index is -1.21. The molecule has 1 aliphatic heterocycles. The number of aliphatic hydroxyl groups is 1. The summed E-state index contributed by atoms with van der Waals surface area (Å²) >= 11 is 0. The van der Waals surface area contributed by atoms with E-state index in [1.807, 2.05) is 30.3 Å². The predicted molar refractivity (Wildman–Crippen MR) is 92.5 cm³/mol. The maximum atomic E-state index is 12.6. The van der Waals surface area contributed by atoms with Crippen molar-refractivity contribution in [3.63, 3.8) is 0 Å². The first-order valence-corrected chi connectivity index (χ1v) is 8.23. The molecule has 1 aliphatic rings. The van der Waals surface area contributed by atoms with Gasteiger partial charge < -0.3 is 10.0 Å². The summed E-state index contributed by atoms with van der Waals surface area (Å²) in [4.78, 5) is 14.3. The van der Waals surface area contributed by atoms with E-state index in [0.29, 0.717) is 19.4 Å². The zero-order valence-corrected chi connectivity index (χ0v) is 13.5. The Bertz CT molecular complexity index is 666. The molecule has 0 bridgehead atoms. The Kier molecular flexibility index (Phi) is 4.49. The molecule has 1 heterocycles. The van der Waals surface area contributed by atoms with Crippen LogP contribution in [0.15, 0.2) is 54.6 Å². The van der Waals surface area contributed by atoms with Crippen LogP contribution in [0.1, 0.15) is 30.4 Å². The average molecular weight is 309 g/mol. The molecule has 3 heteroatoms. The lowest BCUT2D eigenvalue weighted by atomic mass is 9.93. The number of anilines is 1. The Morgan fingerprint density at radius 2 is 1.78 bits per heavy atom. The van der Waals surface area contributed by atoms with Crippen LogP contribution in [-0.2, 0) is 11.2 Å².